The summed E-state index contributed by atoms with van der Waals surface area (Å²) in [5, 5.41) is 7.97. The zero-order valence-corrected chi connectivity index (χ0v) is 21.6. The molecule has 3 N–H and O–H groups in total. The van der Waals surface area contributed by atoms with Gasteiger partial charge in [0.1, 0.15) is 11.6 Å². The van der Waals surface area contributed by atoms with Gasteiger partial charge in [-0.05, 0) is 61.4 Å². The smallest absolute Gasteiger partial charge is 0.166 e. The normalized spacial score (nSPS) is 14.8. The number of thiazole rings is 1. The molecule has 0 aliphatic carbocycles. The lowest BCUT2D eigenvalue weighted by molar-refractivity contribution is 0.0983. The van der Waals surface area contributed by atoms with E-state index in [0.717, 1.165) is 61.1 Å². The highest BCUT2D eigenvalue weighted by Crippen LogP contribution is 2.25. The predicted octanol–water partition coefficient (Wildman–Crippen LogP) is 5.46. The number of hydrogen-bond acceptors (Lipinski definition) is 8. The first-order valence-electron chi connectivity index (χ1n) is 12.2. The van der Waals surface area contributed by atoms with E-state index in [0.29, 0.717) is 41.0 Å². The lowest BCUT2D eigenvalue weighted by atomic mass is 9.96. The molecule has 1 saturated heterocycles. The molecular formula is C27H29ClN6OS. The lowest BCUT2D eigenvalue weighted by Gasteiger charge is -2.31. The molecule has 0 saturated carbocycles. The van der Waals surface area contributed by atoms with Crippen LogP contribution in [-0.2, 0) is 13.0 Å². The highest BCUT2D eigenvalue weighted by Gasteiger charge is 2.21. The number of Topliss-reactive ketones (excluding diaryl/α,β-unsaturated/α-hetero) is 1. The molecule has 1 aliphatic rings. The molecule has 1 aliphatic heterocycles. The average Bonchev–Trinajstić information content (AvgIpc) is 3.40. The Balaban J connectivity index is 1.17. The molecular weight excluding hydrogens is 492 g/mol. The van der Waals surface area contributed by atoms with Gasteiger partial charge in [-0.1, -0.05) is 29.8 Å². The van der Waals surface area contributed by atoms with Crippen molar-refractivity contribution in [3.05, 3.63) is 75.5 Å². The fourth-order valence-electron chi connectivity index (χ4n) is 4.73. The number of aryl methyl sites for hydroxylation is 1. The van der Waals surface area contributed by atoms with Crippen LogP contribution < -0.4 is 11.1 Å². The van der Waals surface area contributed by atoms with Gasteiger partial charge in [-0.15, -0.1) is 11.3 Å². The first-order chi connectivity index (χ1) is 17.5. The van der Waals surface area contributed by atoms with Crippen molar-refractivity contribution >= 4 is 51.1 Å². The van der Waals surface area contributed by atoms with E-state index in [4.69, 9.17) is 17.3 Å². The van der Waals surface area contributed by atoms with Crippen molar-refractivity contribution in [1.82, 2.24) is 19.9 Å². The van der Waals surface area contributed by atoms with Gasteiger partial charge in [0.05, 0.1) is 21.8 Å². The first-order valence-corrected chi connectivity index (χ1v) is 13.5. The summed E-state index contributed by atoms with van der Waals surface area (Å²) in [6.45, 7) is 3.82. The van der Waals surface area contributed by atoms with Crippen molar-refractivity contribution < 1.29 is 4.79 Å². The summed E-state index contributed by atoms with van der Waals surface area (Å²) in [5.74, 6) is 1.70. The Kier molecular flexibility index (Phi) is 7.75. The molecule has 0 atom stereocenters. The van der Waals surface area contributed by atoms with Crippen LogP contribution in [-0.4, -0.2) is 45.3 Å². The zero-order valence-electron chi connectivity index (χ0n) is 20.0. The van der Waals surface area contributed by atoms with E-state index in [1.165, 1.54) is 0 Å². The largest absolute Gasteiger partial charge is 0.383 e. The number of piperidine rings is 1. The molecule has 7 nitrogen and oxygen atoms in total. The van der Waals surface area contributed by atoms with Gasteiger partial charge in [-0.2, -0.15) is 0 Å². The number of benzene rings is 1. The molecule has 4 heterocycles. The summed E-state index contributed by atoms with van der Waals surface area (Å²) in [6, 6.07) is 9.69. The van der Waals surface area contributed by atoms with Crippen LogP contribution in [0.4, 0.5) is 11.6 Å². The Labute approximate surface area is 219 Å². The third kappa shape index (κ3) is 6.00. The van der Waals surface area contributed by atoms with E-state index in [-0.39, 0.29) is 5.78 Å². The number of nitrogens with two attached hydrogens (primary N) is 1. The first kappa shape index (κ1) is 24.6. The molecule has 0 bridgehead atoms. The van der Waals surface area contributed by atoms with Gasteiger partial charge in [-0.25, -0.2) is 15.0 Å². The van der Waals surface area contributed by atoms with E-state index in [2.05, 4.69) is 36.6 Å². The Bertz CT molecular complexity index is 1340. The Morgan fingerprint density at radius 1 is 1.17 bits per heavy atom. The fourth-order valence-corrected chi connectivity index (χ4v) is 5.43. The van der Waals surface area contributed by atoms with Crippen LogP contribution in [0.15, 0.2) is 53.6 Å². The highest BCUT2D eigenvalue weighted by atomic mass is 35.5. The number of anilines is 2. The number of rotatable bonds is 9. The minimum Gasteiger partial charge on any atom is -0.383 e. The van der Waals surface area contributed by atoms with Gasteiger partial charge in [0.25, 0.3) is 0 Å². The lowest BCUT2D eigenvalue weighted by Crippen LogP contribution is -2.35. The number of halogens is 1. The van der Waals surface area contributed by atoms with Crippen LogP contribution in [0.2, 0.25) is 5.02 Å². The van der Waals surface area contributed by atoms with Crippen LogP contribution in [0.1, 0.15) is 40.9 Å². The van der Waals surface area contributed by atoms with Gasteiger partial charge < -0.3 is 11.1 Å². The summed E-state index contributed by atoms with van der Waals surface area (Å²) in [7, 11) is 0. The number of ketones is 1. The molecule has 9 heteroatoms. The Hall–Kier alpha value is -3.07. The number of carbonyl (C=O) groups is 1. The van der Waals surface area contributed by atoms with Gasteiger partial charge in [-0.3, -0.25) is 9.69 Å². The van der Waals surface area contributed by atoms with E-state index in [1.54, 1.807) is 29.8 Å². The second-order valence-corrected chi connectivity index (χ2v) is 10.5. The highest BCUT2D eigenvalue weighted by molar-refractivity contribution is 7.07. The van der Waals surface area contributed by atoms with Gasteiger partial charge in [0.15, 0.2) is 5.78 Å². The van der Waals surface area contributed by atoms with Crippen LogP contribution in [0.5, 0.6) is 0 Å². The molecule has 0 spiro atoms. The predicted molar refractivity (Wildman–Crippen MR) is 147 cm³/mol. The molecule has 1 fully saturated rings. The van der Waals surface area contributed by atoms with E-state index >= 15 is 0 Å². The number of fused-ring (bicyclic) bond motifs is 1. The second-order valence-electron chi connectivity index (χ2n) is 9.30. The molecule has 4 aromatic rings. The summed E-state index contributed by atoms with van der Waals surface area (Å²) in [4.78, 5) is 28.6. The van der Waals surface area contributed by atoms with E-state index in [9.17, 15) is 4.79 Å². The molecule has 0 unspecified atom stereocenters. The molecule has 0 amide bonds. The average molecular weight is 521 g/mol. The third-order valence-electron chi connectivity index (χ3n) is 6.79. The van der Waals surface area contributed by atoms with Crippen molar-refractivity contribution in [2.24, 2.45) is 5.92 Å². The van der Waals surface area contributed by atoms with Gasteiger partial charge >= 0.3 is 0 Å². The van der Waals surface area contributed by atoms with E-state index in [1.807, 2.05) is 23.7 Å². The number of carbonyl (C=O) groups excluding carboxylic acids is 1. The second kappa shape index (κ2) is 11.3. The molecule has 3 aromatic heterocycles. The van der Waals surface area contributed by atoms with Crippen LogP contribution in [0.25, 0.3) is 10.8 Å². The molecule has 0 radical (unpaired) electrons. The van der Waals surface area contributed by atoms with Crippen molar-refractivity contribution in [3.8, 4) is 0 Å². The molecule has 36 heavy (non-hydrogen) atoms. The number of nitrogens with one attached hydrogen (secondary N) is 1. The maximum absolute atomic E-state index is 13.2. The Morgan fingerprint density at radius 3 is 2.83 bits per heavy atom. The monoisotopic (exact) mass is 520 g/mol. The van der Waals surface area contributed by atoms with Crippen molar-refractivity contribution in [2.75, 3.05) is 30.7 Å². The minimum absolute atomic E-state index is 0.0277. The summed E-state index contributed by atoms with van der Waals surface area (Å²) < 4.78 is 0. The van der Waals surface area contributed by atoms with Gasteiger partial charge in [0, 0.05) is 42.7 Å². The number of nitrogens with zero attached hydrogens (tertiary/aromatic N) is 4. The maximum Gasteiger partial charge on any atom is 0.166 e. The quantitative estimate of drug-likeness (QED) is 0.283. The van der Waals surface area contributed by atoms with Gasteiger partial charge in [0.2, 0.25) is 0 Å². The summed E-state index contributed by atoms with van der Waals surface area (Å²) in [6.07, 6.45) is 6.51. The standard InChI is InChI=1S/C27H29ClN6OS/c28-21-12-24(25(35)4-2-18-1-3-23-20(11-18)5-8-30-26(23)29)27(32-14-21)31-13-19-6-9-34(10-7-19)15-22-16-36-17-33-22/h1,3,5,8,11-12,14,16-17,19H,2,4,6-7,9-10,13,15H2,(H2,29,30)(H,31,32). The van der Waals surface area contributed by atoms with Crippen LogP contribution in [0.3, 0.4) is 0 Å². The number of pyridine rings is 2. The van der Waals surface area contributed by atoms with Crippen molar-refractivity contribution in [3.63, 3.8) is 0 Å². The fraction of sp³-hybridized carbons (Fsp3) is 0.333. The molecule has 5 rings (SSSR count). The SMILES string of the molecule is Nc1nccc2cc(CCC(=O)c3cc(Cl)cnc3NCC3CCN(Cc4cscn4)CC3)ccc12. The number of aromatic nitrogens is 3. The van der Waals surface area contributed by atoms with E-state index < -0.39 is 0 Å². The Morgan fingerprint density at radius 2 is 2.03 bits per heavy atom. The summed E-state index contributed by atoms with van der Waals surface area (Å²) in [5.41, 5.74) is 10.6. The molecule has 186 valence electrons. The van der Waals surface area contributed by atoms with Crippen molar-refractivity contribution in [1.29, 1.82) is 0 Å². The molecule has 1 aromatic carbocycles. The number of nitrogen functional groups attached to an aromatic ring is 1. The maximum atomic E-state index is 13.2. The topological polar surface area (TPSA) is 97.0 Å². The zero-order chi connectivity index (χ0) is 24.9. The van der Waals surface area contributed by atoms with Crippen LogP contribution in [0, 0.1) is 5.92 Å². The summed E-state index contributed by atoms with van der Waals surface area (Å²) >= 11 is 7.85. The number of hydrogen-bond donors (Lipinski definition) is 2. The van der Waals surface area contributed by atoms with Crippen molar-refractivity contribution in [2.45, 2.75) is 32.2 Å². The minimum atomic E-state index is 0.0277. The number of likely N-dealkylation sites (tertiary alicyclic amines) is 1. The van der Waals surface area contributed by atoms with Crippen LogP contribution >= 0.6 is 22.9 Å². The third-order valence-corrected chi connectivity index (χ3v) is 7.63.